The molecule has 1 saturated heterocycles. The number of amides is 1. The Kier molecular flexibility index (Phi) is 2.31. The zero-order valence-corrected chi connectivity index (χ0v) is 8.57. The predicted molar refractivity (Wildman–Crippen MR) is 53.9 cm³/mol. The Hall–Kier alpha value is -0.900. The minimum absolute atomic E-state index is 0.0133. The molecule has 0 N–H and O–H groups in total. The van der Waals surface area contributed by atoms with E-state index in [2.05, 4.69) is 20.9 Å². The first-order valence-corrected chi connectivity index (χ1v) is 5.06. The number of alkyl halides is 1. The van der Waals surface area contributed by atoms with Crippen molar-refractivity contribution in [2.24, 2.45) is 0 Å². The zero-order valence-electron chi connectivity index (χ0n) is 6.98. The molecule has 1 amide bonds. The van der Waals surface area contributed by atoms with Crippen molar-refractivity contribution >= 4 is 27.5 Å². The van der Waals surface area contributed by atoms with Gasteiger partial charge >= 0.3 is 0 Å². The van der Waals surface area contributed by atoms with E-state index < -0.39 is 0 Å². The van der Waals surface area contributed by atoms with Gasteiger partial charge in [0.15, 0.2) is 0 Å². The van der Waals surface area contributed by atoms with E-state index in [4.69, 9.17) is 0 Å². The lowest BCUT2D eigenvalue weighted by molar-refractivity contribution is -0.116. The van der Waals surface area contributed by atoms with Gasteiger partial charge in [0.1, 0.15) is 0 Å². The molecule has 1 aliphatic heterocycles. The van der Waals surface area contributed by atoms with E-state index in [9.17, 15) is 4.79 Å². The van der Waals surface area contributed by atoms with Gasteiger partial charge < -0.3 is 4.90 Å². The number of anilines is 1. The second-order valence-corrected chi connectivity index (χ2v) is 4.06. The van der Waals surface area contributed by atoms with E-state index in [1.807, 2.05) is 12.1 Å². The van der Waals surface area contributed by atoms with E-state index in [0.29, 0.717) is 0 Å². The van der Waals surface area contributed by atoms with Gasteiger partial charge in [-0.05, 0) is 18.6 Å². The fraction of sp³-hybridized carbons (Fsp3) is 0.333. The number of nitrogens with zero attached hydrogens (tertiary/aromatic N) is 2. The third-order valence-electron chi connectivity index (χ3n) is 2.11. The first-order chi connectivity index (χ1) is 6.29. The molecular weight excluding hydrogens is 232 g/mol. The average Bonchev–Trinajstić information content (AvgIpc) is 2.49. The first-order valence-electron chi connectivity index (χ1n) is 4.14. The third kappa shape index (κ3) is 1.58. The summed E-state index contributed by atoms with van der Waals surface area (Å²) < 4.78 is 0. The van der Waals surface area contributed by atoms with Crippen molar-refractivity contribution < 1.29 is 4.79 Å². The highest BCUT2D eigenvalue weighted by Gasteiger charge is 2.30. The number of carbonyl (C=O) groups excluding carboxylic acids is 1. The largest absolute Gasteiger partial charge is 0.311 e. The molecule has 0 bridgehead atoms. The molecule has 1 aromatic heterocycles. The van der Waals surface area contributed by atoms with Crippen LogP contribution in [0.25, 0.3) is 0 Å². The number of halogens is 1. The van der Waals surface area contributed by atoms with Gasteiger partial charge in [0.05, 0.1) is 4.83 Å². The van der Waals surface area contributed by atoms with Gasteiger partial charge in [-0.3, -0.25) is 9.78 Å². The molecule has 0 radical (unpaired) electrons. The Morgan fingerprint density at radius 3 is 2.69 bits per heavy atom. The van der Waals surface area contributed by atoms with Gasteiger partial charge in [0, 0.05) is 24.6 Å². The molecule has 1 aliphatic rings. The number of hydrogen-bond acceptors (Lipinski definition) is 2. The van der Waals surface area contributed by atoms with Crippen molar-refractivity contribution in [3.63, 3.8) is 0 Å². The molecule has 2 heterocycles. The molecule has 1 aromatic rings. The number of pyridine rings is 1. The summed E-state index contributed by atoms with van der Waals surface area (Å²) in [6.45, 7) is 0.790. The van der Waals surface area contributed by atoms with Crippen LogP contribution in [0.1, 0.15) is 6.42 Å². The molecule has 3 nitrogen and oxygen atoms in total. The summed E-state index contributed by atoms with van der Waals surface area (Å²) in [6.07, 6.45) is 4.27. The number of rotatable bonds is 1. The molecule has 68 valence electrons. The van der Waals surface area contributed by atoms with Crippen LogP contribution < -0.4 is 4.90 Å². The van der Waals surface area contributed by atoms with Gasteiger partial charge in [0.2, 0.25) is 5.91 Å². The highest BCUT2D eigenvalue weighted by Crippen LogP contribution is 2.24. The summed E-state index contributed by atoms with van der Waals surface area (Å²) in [5.41, 5.74) is 0.932. The maximum Gasteiger partial charge on any atom is 0.240 e. The maximum absolute atomic E-state index is 11.6. The highest BCUT2D eigenvalue weighted by atomic mass is 79.9. The molecular formula is C9H9BrN2O. The number of aromatic nitrogens is 1. The van der Waals surface area contributed by atoms with Gasteiger partial charge in [0.25, 0.3) is 0 Å². The maximum atomic E-state index is 11.6. The van der Waals surface area contributed by atoms with Crippen molar-refractivity contribution in [1.29, 1.82) is 0 Å². The van der Waals surface area contributed by atoms with Crippen LogP contribution in [0, 0.1) is 0 Å². The van der Waals surface area contributed by atoms with Crippen LogP contribution in [0.5, 0.6) is 0 Å². The Labute approximate surface area is 84.9 Å². The predicted octanol–water partition coefficient (Wildman–Crippen LogP) is 1.58. The summed E-state index contributed by atoms with van der Waals surface area (Å²) in [6, 6.07) is 3.70. The third-order valence-corrected chi connectivity index (χ3v) is 2.96. The van der Waals surface area contributed by atoms with Crippen molar-refractivity contribution in [2.45, 2.75) is 11.2 Å². The van der Waals surface area contributed by atoms with Crippen LogP contribution in [-0.2, 0) is 4.79 Å². The molecule has 1 fully saturated rings. The fourth-order valence-corrected chi connectivity index (χ4v) is 1.88. The van der Waals surface area contributed by atoms with E-state index in [0.717, 1.165) is 18.7 Å². The van der Waals surface area contributed by atoms with E-state index in [1.165, 1.54) is 0 Å². The lowest BCUT2D eigenvalue weighted by atomic mass is 10.4. The second-order valence-electron chi connectivity index (χ2n) is 2.95. The summed E-state index contributed by atoms with van der Waals surface area (Å²) >= 11 is 3.33. The van der Waals surface area contributed by atoms with Crippen LogP contribution in [0.3, 0.4) is 0 Å². The molecule has 1 atom stereocenters. The smallest absolute Gasteiger partial charge is 0.240 e. The molecule has 0 aliphatic carbocycles. The van der Waals surface area contributed by atoms with Crippen LogP contribution in [-0.4, -0.2) is 22.3 Å². The topological polar surface area (TPSA) is 33.2 Å². The lowest BCUT2D eigenvalue weighted by Crippen LogP contribution is -2.26. The van der Waals surface area contributed by atoms with E-state index >= 15 is 0 Å². The minimum Gasteiger partial charge on any atom is -0.311 e. The van der Waals surface area contributed by atoms with Crippen LogP contribution >= 0.6 is 15.9 Å². The van der Waals surface area contributed by atoms with Crippen LogP contribution in [0.4, 0.5) is 5.69 Å². The highest BCUT2D eigenvalue weighted by molar-refractivity contribution is 9.10. The molecule has 13 heavy (non-hydrogen) atoms. The number of hydrogen-bond donors (Lipinski definition) is 0. The standard InChI is InChI=1S/C9H9BrN2O/c10-8-3-6-12(9(8)13)7-1-4-11-5-2-7/h1-2,4-5,8H,3,6H2. The molecule has 4 heteroatoms. The Morgan fingerprint density at radius 2 is 2.15 bits per heavy atom. The molecule has 0 aromatic carbocycles. The molecule has 2 rings (SSSR count). The van der Waals surface area contributed by atoms with Crippen molar-refractivity contribution in [1.82, 2.24) is 4.98 Å². The molecule has 0 saturated carbocycles. The fourth-order valence-electron chi connectivity index (χ4n) is 1.43. The average molecular weight is 241 g/mol. The van der Waals surface area contributed by atoms with Crippen molar-refractivity contribution in [3.05, 3.63) is 24.5 Å². The van der Waals surface area contributed by atoms with Gasteiger partial charge in [-0.25, -0.2) is 0 Å². The monoisotopic (exact) mass is 240 g/mol. The summed E-state index contributed by atoms with van der Waals surface area (Å²) in [5, 5.41) is 0. The first kappa shape index (κ1) is 8.69. The summed E-state index contributed by atoms with van der Waals surface area (Å²) in [5.74, 6) is 0.145. The normalized spacial score (nSPS) is 22.4. The van der Waals surface area contributed by atoms with Crippen LogP contribution in [0.2, 0.25) is 0 Å². The van der Waals surface area contributed by atoms with Gasteiger partial charge in [-0.2, -0.15) is 0 Å². The minimum atomic E-state index is -0.0133. The molecule has 1 unspecified atom stereocenters. The number of carbonyl (C=O) groups is 1. The SMILES string of the molecule is O=C1C(Br)CCN1c1ccncc1. The quantitative estimate of drug-likeness (QED) is 0.699. The zero-order chi connectivity index (χ0) is 9.26. The van der Waals surface area contributed by atoms with Crippen molar-refractivity contribution in [3.8, 4) is 0 Å². The summed E-state index contributed by atoms with van der Waals surface area (Å²) in [7, 11) is 0. The van der Waals surface area contributed by atoms with Gasteiger partial charge in [-0.1, -0.05) is 15.9 Å². The van der Waals surface area contributed by atoms with E-state index in [-0.39, 0.29) is 10.7 Å². The Balaban J connectivity index is 2.24. The second kappa shape index (κ2) is 3.46. The molecule has 0 spiro atoms. The lowest BCUT2D eigenvalue weighted by Gasteiger charge is -2.14. The van der Waals surface area contributed by atoms with Gasteiger partial charge in [-0.15, -0.1) is 0 Å². The summed E-state index contributed by atoms with van der Waals surface area (Å²) in [4.78, 5) is 17.2. The Morgan fingerprint density at radius 1 is 1.46 bits per heavy atom. The Bertz CT molecular complexity index is 315. The van der Waals surface area contributed by atoms with Crippen molar-refractivity contribution in [2.75, 3.05) is 11.4 Å². The van der Waals surface area contributed by atoms with Crippen LogP contribution in [0.15, 0.2) is 24.5 Å². The van der Waals surface area contributed by atoms with E-state index in [1.54, 1.807) is 17.3 Å².